The number of thiocarbonyl (C=S) groups is 1. The fraction of sp³-hybridized carbons (Fsp3) is 0.333. The summed E-state index contributed by atoms with van der Waals surface area (Å²) in [6.45, 7) is 0. The molecular weight excluding hydrogens is 491 g/mol. The largest absolute Gasteiger partial charge is 0.487 e. The van der Waals surface area contributed by atoms with Gasteiger partial charge in [-0.05, 0) is 49.9 Å². The first-order chi connectivity index (χ1) is 17.0. The van der Waals surface area contributed by atoms with E-state index in [9.17, 15) is 4.39 Å². The number of pyridine rings is 1. The molecule has 1 atom stereocenters. The maximum atomic E-state index is 14.4. The van der Waals surface area contributed by atoms with Gasteiger partial charge in [0, 0.05) is 29.7 Å². The standard InChI is InChI=1S/C24H24ClFN6O2S/c25-17-4-2-5-18(22(17)26)33-16-7-10-24(11-8-16,23-32-31-21(14-35)34-23)13-15-3-1-6-19(28-15)29-20-9-12-27-30-20/h1-6,9,12,14,16,21,31H,7-8,10-11,13H2,(H2,27,28,29,30). The smallest absolute Gasteiger partial charge is 0.215 e. The summed E-state index contributed by atoms with van der Waals surface area (Å²) in [6, 6.07) is 12.5. The Balaban J connectivity index is 1.34. The highest BCUT2D eigenvalue weighted by molar-refractivity contribution is 7.79. The van der Waals surface area contributed by atoms with Gasteiger partial charge in [0.15, 0.2) is 17.4 Å². The average Bonchev–Trinajstić information content (AvgIpc) is 3.56. The van der Waals surface area contributed by atoms with E-state index in [1.807, 2.05) is 24.3 Å². The Morgan fingerprint density at radius 1 is 1.20 bits per heavy atom. The molecule has 0 bridgehead atoms. The summed E-state index contributed by atoms with van der Waals surface area (Å²) in [5.74, 6) is 1.64. The van der Waals surface area contributed by atoms with Gasteiger partial charge in [-0.1, -0.05) is 36.0 Å². The summed E-state index contributed by atoms with van der Waals surface area (Å²) in [6.07, 6.45) is 4.62. The molecule has 1 saturated carbocycles. The zero-order valence-electron chi connectivity index (χ0n) is 18.7. The van der Waals surface area contributed by atoms with Crippen molar-refractivity contribution in [3.05, 3.63) is 65.2 Å². The summed E-state index contributed by atoms with van der Waals surface area (Å²) >= 11 is 11.0. The van der Waals surface area contributed by atoms with Crippen LogP contribution in [-0.4, -0.2) is 38.8 Å². The molecule has 0 saturated heterocycles. The number of benzene rings is 1. The fourth-order valence-electron chi connectivity index (χ4n) is 4.54. The van der Waals surface area contributed by atoms with Gasteiger partial charge in [0.05, 0.1) is 16.5 Å². The van der Waals surface area contributed by atoms with E-state index in [0.717, 1.165) is 18.5 Å². The number of aromatic nitrogens is 3. The number of hydrogen-bond acceptors (Lipinski definition) is 8. The third-order valence-electron chi connectivity index (χ3n) is 6.29. The molecule has 1 aliphatic heterocycles. The van der Waals surface area contributed by atoms with Gasteiger partial charge in [-0.25, -0.2) is 9.37 Å². The van der Waals surface area contributed by atoms with Gasteiger partial charge in [0.25, 0.3) is 0 Å². The van der Waals surface area contributed by atoms with Crippen molar-refractivity contribution >= 4 is 46.7 Å². The fourth-order valence-corrected chi connectivity index (χ4v) is 4.82. The topological polar surface area (TPSA) is 96.5 Å². The van der Waals surface area contributed by atoms with E-state index in [0.29, 0.717) is 36.8 Å². The Hall–Kier alpha value is -3.24. The SMILES string of the molecule is Fc1c(Cl)cccc1OC1CCC(Cc2cccc(Nc3cc[nH]n3)n2)(C2=NNC(C=S)O2)CC1. The summed E-state index contributed by atoms with van der Waals surface area (Å²) in [7, 11) is 0. The zero-order chi connectivity index (χ0) is 24.3. The molecule has 0 radical (unpaired) electrons. The summed E-state index contributed by atoms with van der Waals surface area (Å²) in [4.78, 5) is 4.79. The number of rotatable bonds is 8. The van der Waals surface area contributed by atoms with Crippen LogP contribution in [0, 0.1) is 11.2 Å². The van der Waals surface area contributed by atoms with E-state index in [2.05, 4.69) is 26.0 Å². The van der Waals surface area contributed by atoms with Crippen molar-refractivity contribution in [3.8, 4) is 5.75 Å². The van der Waals surface area contributed by atoms with Crippen LogP contribution >= 0.6 is 23.8 Å². The van der Waals surface area contributed by atoms with Gasteiger partial charge in [-0.15, -0.1) is 5.10 Å². The minimum atomic E-state index is -0.534. The molecule has 11 heteroatoms. The summed E-state index contributed by atoms with van der Waals surface area (Å²) in [5.41, 5.74) is 3.43. The molecule has 3 heterocycles. The van der Waals surface area contributed by atoms with Crippen LogP contribution in [0.1, 0.15) is 31.4 Å². The minimum Gasteiger partial charge on any atom is -0.487 e. The number of anilines is 2. The number of halogens is 2. The Labute approximate surface area is 212 Å². The van der Waals surface area contributed by atoms with Crippen LogP contribution in [0.3, 0.4) is 0 Å². The lowest BCUT2D eigenvalue weighted by atomic mass is 9.70. The molecule has 3 aromatic rings. The normalized spacial score (nSPS) is 23.7. The van der Waals surface area contributed by atoms with Crippen molar-refractivity contribution in [2.75, 3.05) is 5.32 Å². The predicted molar refractivity (Wildman–Crippen MR) is 136 cm³/mol. The molecule has 2 aromatic heterocycles. The molecule has 0 spiro atoms. The zero-order valence-corrected chi connectivity index (χ0v) is 20.3. The van der Waals surface area contributed by atoms with Gasteiger partial charge in [-0.2, -0.15) is 5.10 Å². The quantitative estimate of drug-likeness (QED) is 0.358. The first-order valence-electron chi connectivity index (χ1n) is 11.3. The minimum absolute atomic E-state index is 0.0491. The van der Waals surface area contributed by atoms with Gasteiger partial charge < -0.3 is 14.8 Å². The molecule has 1 fully saturated rings. The van der Waals surface area contributed by atoms with Crippen molar-refractivity contribution in [2.45, 2.75) is 44.4 Å². The summed E-state index contributed by atoms with van der Waals surface area (Å²) in [5, 5.41) is 16.1. The lowest BCUT2D eigenvalue weighted by Crippen LogP contribution is -2.41. The molecule has 182 valence electrons. The molecule has 0 amide bonds. The second-order valence-corrected chi connectivity index (χ2v) is 9.32. The van der Waals surface area contributed by atoms with E-state index < -0.39 is 17.5 Å². The van der Waals surface area contributed by atoms with Gasteiger partial charge >= 0.3 is 0 Å². The second-order valence-electron chi connectivity index (χ2n) is 8.65. The van der Waals surface area contributed by atoms with E-state index >= 15 is 0 Å². The molecule has 3 N–H and O–H groups in total. The Bertz CT molecular complexity index is 1220. The first-order valence-corrected chi connectivity index (χ1v) is 12.2. The molecule has 1 unspecified atom stereocenters. The predicted octanol–water partition coefficient (Wildman–Crippen LogP) is 5.15. The Kier molecular flexibility index (Phi) is 6.83. The number of hydrazone groups is 1. The number of ether oxygens (including phenoxy) is 2. The lowest BCUT2D eigenvalue weighted by molar-refractivity contribution is 0.0934. The number of aromatic amines is 1. The van der Waals surface area contributed by atoms with E-state index in [1.165, 1.54) is 11.4 Å². The molecule has 8 nitrogen and oxygen atoms in total. The van der Waals surface area contributed by atoms with Crippen molar-refractivity contribution in [1.29, 1.82) is 0 Å². The molecule has 35 heavy (non-hydrogen) atoms. The van der Waals surface area contributed by atoms with E-state index in [4.69, 9.17) is 38.3 Å². The number of nitrogens with one attached hydrogen (secondary N) is 3. The molecule has 5 rings (SSSR count). The molecule has 2 aliphatic rings. The number of H-pyrrole nitrogens is 1. The van der Waals surface area contributed by atoms with Gasteiger partial charge in [-0.3, -0.25) is 10.5 Å². The van der Waals surface area contributed by atoms with E-state index in [-0.39, 0.29) is 16.9 Å². The maximum absolute atomic E-state index is 14.4. The van der Waals surface area contributed by atoms with Crippen LogP contribution < -0.4 is 15.5 Å². The summed E-state index contributed by atoms with van der Waals surface area (Å²) < 4.78 is 26.4. The molecule has 1 aromatic carbocycles. The van der Waals surface area contributed by atoms with E-state index in [1.54, 1.807) is 18.3 Å². The van der Waals surface area contributed by atoms with Crippen molar-refractivity contribution in [1.82, 2.24) is 20.6 Å². The highest BCUT2D eigenvalue weighted by Crippen LogP contribution is 2.43. The van der Waals surface area contributed by atoms with Crippen LogP contribution in [0.15, 0.2) is 53.8 Å². The van der Waals surface area contributed by atoms with Gasteiger partial charge in [0.2, 0.25) is 12.1 Å². The van der Waals surface area contributed by atoms with Crippen LogP contribution in [-0.2, 0) is 11.2 Å². The molecular formula is C24H24ClFN6O2S. The van der Waals surface area contributed by atoms with Crippen molar-refractivity contribution < 1.29 is 13.9 Å². The van der Waals surface area contributed by atoms with Crippen LogP contribution in [0.25, 0.3) is 0 Å². The first kappa shape index (κ1) is 23.5. The third-order valence-corrected chi connectivity index (χ3v) is 6.83. The lowest BCUT2D eigenvalue weighted by Gasteiger charge is -2.39. The van der Waals surface area contributed by atoms with Crippen LogP contribution in [0.5, 0.6) is 5.75 Å². The maximum Gasteiger partial charge on any atom is 0.215 e. The van der Waals surface area contributed by atoms with Gasteiger partial charge in [0.1, 0.15) is 5.82 Å². The van der Waals surface area contributed by atoms with Crippen LogP contribution in [0.2, 0.25) is 5.02 Å². The Morgan fingerprint density at radius 3 is 2.77 bits per heavy atom. The Morgan fingerprint density at radius 2 is 2.03 bits per heavy atom. The monoisotopic (exact) mass is 514 g/mol. The third kappa shape index (κ3) is 5.23. The van der Waals surface area contributed by atoms with Crippen molar-refractivity contribution in [2.24, 2.45) is 10.5 Å². The highest BCUT2D eigenvalue weighted by Gasteiger charge is 2.45. The highest BCUT2D eigenvalue weighted by atomic mass is 35.5. The molecule has 1 aliphatic carbocycles. The number of nitrogens with zero attached hydrogens (tertiary/aromatic N) is 3. The van der Waals surface area contributed by atoms with Crippen LogP contribution in [0.4, 0.5) is 16.0 Å². The average molecular weight is 515 g/mol. The second kappa shape index (κ2) is 10.2. The van der Waals surface area contributed by atoms with Crippen molar-refractivity contribution in [3.63, 3.8) is 0 Å². The number of hydrogen-bond donors (Lipinski definition) is 3.